The van der Waals surface area contributed by atoms with Gasteiger partial charge in [-0.25, -0.2) is 13.4 Å². The first-order chi connectivity index (χ1) is 15.4. The van der Waals surface area contributed by atoms with Gasteiger partial charge in [-0.1, -0.05) is 36.4 Å². The molecule has 3 aromatic carbocycles. The lowest BCUT2D eigenvalue weighted by atomic mass is 10.1. The van der Waals surface area contributed by atoms with Gasteiger partial charge < -0.3 is 10.3 Å². The summed E-state index contributed by atoms with van der Waals surface area (Å²) in [4.78, 5) is 25.3. The molecule has 9 heteroatoms. The molecule has 5 rings (SSSR count). The molecule has 1 aliphatic heterocycles. The molecule has 3 N–H and O–H groups in total. The number of H-pyrrole nitrogens is 1. The number of aromatic nitrogens is 2. The van der Waals surface area contributed by atoms with E-state index >= 15 is 0 Å². The Kier molecular flexibility index (Phi) is 4.75. The highest BCUT2D eigenvalue weighted by atomic mass is 32.2. The van der Waals surface area contributed by atoms with Crippen LogP contribution in [-0.4, -0.2) is 36.2 Å². The Morgan fingerprint density at radius 3 is 2.47 bits per heavy atom. The normalized spacial score (nSPS) is 16.5. The Labute approximate surface area is 184 Å². The minimum absolute atomic E-state index is 0.154. The Morgan fingerprint density at radius 2 is 1.66 bits per heavy atom. The molecule has 1 atom stereocenters. The van der Waals surface area contributed by atoms with Gasteiger partial charge in [0, 0.05) is 11.1 Å². The van der Waals surface area contributed by atoms with Crippen molar-refractivity contribution < 1.29 is 13.2 Å². The number of fused-ring (bicyclic) bond motifs is 2. The van der Waals surface area contributed by atoms with Crippen molar-refractivity contribution in [2.24, 2.45) is 4.99 Å². The first-order valence-electron chi connectivity index (χ1n) is 9.97. The van der Waals surface area contributed by atoms with E-state index in [0.29, 0.717) is 17.1 Å². The number of amidine groups is 1. The predicted molar refractivity (Wildman–Crippen MR) is 123 cm³/mol. The van der Waals surface area contributed by atoms with Gasteiger partial charge in [0.25, 0.3) is 10.0 Å². The van der Waals surface area contributed by atoms with Gasteiger partial charge in [-0.05, 0) is 43.3 Å². The van der Waals surface area contributed by atoms with Crippen molar-refractivity contribution in [1.29, 1.82) is 0 Å². The van der Waals surface area contributed by atoms with E-state index in [1.807, 2.05) is 42.5 Å². The van der Waals surface area contributed by atoms with Crippen molar-refractivity contribution in [3.8, 4) is 11.4 Å². The van der Waals surface area contributed by atoms with Crippen LogP contribution in [0.1, 0.15) is 12.5 Å². The van der Waals surface area contributed by atoms with Crippen molar-refractivity contribution in [2.45, 2.75) is 17.9 Å². The molecule has 8 nitrogen and oxygen atoms in total. The molecule has 32 heavy (non-hydrogen) atoms. The van der Waals surface area contributed by atoms with Gasteiger partial charge in [0.15, 0.2) is 0 Å². The van der Waals surface area contributed by atoms with Crippen LogP contribution in [0.25, 0.3) is 22.4 Å². The summed E-state index contributed by atoms with van der Waals surface area (Å²) in [5, 5.41) is 2.89. The number of rotatable bonds is 4. The summed E-state index contributed by atoms with van der Waals surface area (Å²) in [5.74, 6) is 0.428. The highest BCUT2D eigenvalue weighted by Crippen LogP contribution is 2.28. The van der Waals surface area contributed by atoms with Crippen molar-refractivity contribution in [1.82, 2.24) is 14.7 Å². The van der Waals surface area contributed by atoms with E-state index < -0.39 is 16.1 Å². The fourth-order valence-electron chi connectivity index (χ4n) is 3.60. The molecule has 0 spiro atoms. The number of anilines is 1. The number of sulfonamides is 1. The molecule has 160 valence electrons. The molecule has 0 saturated heterocycles. The minimum Gasteiger partial charge on any atom is -0.338 e. The van der Waals surface area contributed by atoms with Gasteiger partial charge in [-0.2, -0.15) is 0 Å². The molecule has 1 aliphatic rings. The molecular formula is C23H19N5O3S. The summed E-state index contributed by atoms with van der Waals surface area (Å²) in [6.45, 7) is 1.61. The summed E-state index contributed by atoms with van der Waals surface area (Å²) >= 11 is 0. The summed E-state index contributed by atoms with van der Waals surface area (Å²) in [6, 6.07) is 20.7. The summed E-state index contributed by atoms with van der Waals surface area (Å²) in [7, 11) is -3.67. The first kappa shape index (κ1) is 20.0. The second-order valence-electron chi connectivity index (χ2n) is 7.39. The average molecular weight is 446 g/mol. The molecule has 1 amide bonds. The number of nitrogens with zero attached hydrogens (tertiary/aromatic N) is 2. The summed E-state index contributed by atoms with van der Waals surface area (Å²) < 4.78 is 27.0. The fourth-order valence-corrected chi connectivity index (χ4v) is 4.84. The standard InChI is InChI=1S/C23H19N5O3S/c1-14(24-22-16-9-3-7-13-20(16)32(30,31)28-22)23(29)27-17-10-4-2-8-15(17)21-25-18-11-5-6-12-19(18)26-21/h2-14H,1H3,(H,24,28)(H,25,26)(H,27,29)/t14-/m0/s1. The molecule has 0 unspecified atom stereocenters. The number of hydrogen-bond acceptors (Lipinski definition) is 5. The lowest BCUT2D eigenvalue weighted by molar-refractivity contribution is -0.117. The SMILES string of the molecule is C[C@H](N=C1NS(=O)(=O)c2ccccc21)C(=O)Nc1ccccc1-c1nc2ccccc2[nH]1. The Hall–Kier alpha value is -3.98. The zero-order valence-electron chi connectivity index (χ0n) is 17.0. The van der Waals surface area contributed by atoms with Crippen LogP contribution < -0.4 is 10.0 Å². The lowest BCUT2D eigenvalue weighted by Crippen LogP contribution is -2.29. The number of para-hydroxylation sites is 3. The van der Waals surface area contributed by atoms with E-state index in [4.69, 9.17) is 0 Å². The van der Waals surface area contributed by atoms with E-state index in [2.05, 4.69) is 25.0 Å². The van der Waals surface area contributed by atoms with E-state index in [0.717, 1.165) is 16.6 Å². The maximum Gasteiger partial charge on any atom is 0.263 e. The van der Waals surface area contributed by atoms with Crippen LogP contribution in [0.2, 0.25) is 0 Å². The Morgan fingerprint density at radius 1 is 0.969 bits per heavy atom. The molecule has 0 bridgehead atoms. The van der Waals surface area contributed by atoms with Gasteiger partial charge in [0.1, 0.15) is 17.7 Å². The van der Waals surface area contributed by atoms with Gasteiger partial charge >= 0.3 is 0 Å². The molecule has 0 fully saturated rings. The summed E-state index contributed by atoms with van der Waals surface area (Å²) in [5.41, 5.74) is 3.50. The monoisotopic (exact) mass is 445 g/mol. The number of hydrogen-bond donors (Lipinski definition) is 3. The topological polar surface area (TPSA) is 116 Å². The van der Waals surface area contributed by atoms with Gasteiger partial charge in [0.2, 0.25) is 5.91 Å². The lowest BCUT2D eigenvalue weighted by Gasteiger charge is -2.12. The van der Waals surface area contributed by atoms with Crippen LogP contribution in [-0.2, 0) is 14.8 Å². The Bertz CT molecular complexity index is 1460. The Balaban J connectivity index is 1.42. The number of amides is 1. The largest absolute Gasteiger partial charge is 0.338 e. The van der Waals surface area contributed by atoms with Crippen LogP contribution in [0.4, 0.5) is 5.69 Å². The van der Waals surface area contributed by atoms with Crippen LogP contribution in [0.5, 0.6) is 0 Å². The first-order valence-corrected chi connectivity index (χ1v) is 11.5. The maximum atomic E-state index is 12.9. The van der Waals surface area contributed by atoms with Gasteiger partial charge in [0.05, 0.1) is 21.6 Å². The quantitative estimate of drug-likeness (QED) is 0.447. The second kappa shape index (κ2) is 7.61. The number of benzene rings is 3. The van der Waals surface area contributed by atoms with Gasteiger partial charge in [-0.15, -0.1) is 0 Å². The molecule has 0 saturated carbocycles. The molecule has 0 radical (unpaired) electrons. The minimum atomic E-state index is -3.67. The molecule has 4 aromatic rings. The maximum absolute atomic E-state index is 12.9. The smallest absolute Gasteiger partial charge is 0.263 e. The van der Waals surface area contributed by atoms with Crippen LogP contribution in [0, 0.1) is 0 Å². The number of aromatic amines is 1. The van der Waals surface area contributed by atoms with E-state index in [-0.39, 0.29) is 16.6 Å². The van der Waals surface area contributed by atoms with Crippen molar-refractivity contribution >= 4 is 38.5 Å². The third-order valence-corrected chi connectivity index (χ3v) is 6.59. The predicted octanol–water partition coefficient (Wildman–Crippen LogP) is 3.30. The third kappa shape index (κ3) is 3.52. The number of carbonyl (C=O) groups is 1. The van der Waals surface area contributed by atoms with E-state index in [1.165, 1.54) is 6.07 Å². The third-order valence-electron chi connectivity index (χ3n) is 5.19. The van der Waals surface area contributed by atoms with Crippen LogP contribution in [0.3, 0.4) is 0 Å². The molecule has 0 aliphatic carbocycles. The second-order valence-corrected chi connectivity index (χ2v) is 9.04. The molecule has 2 heterocycles. The number of aliphatic imine (C=N–C) groups is 1. The number of carbonyl (C=O) groups excluding carboxylic acids is 1. The average Bonchev–Trinajstić information content (AvgIpc) is 3.33. The van der Waals surface area contributed by atoms with E-state index in [1.54, 1.807) is 31.2 Å². The zero-order valence-corrected chi connectivity index (χ0v) is 17.8. The number of imidazole rings is 1. The van der Waals surface area contributed by atoms with Crippen molar-refractivity contribution in [3.05, 3.63) is 78.4 Å². The highest BCUT2D eigenvalue weighted by molar-refractivity contribution is 7.90. The zero-order chi connectivity index (χ0) is 22.3. The number of nitrogens with one attached hydrogen (secondary N) is 3. The summed E-state index contributed by atoms with van der Waals surface area (Å²) in [6.07, 6.45) is 0. The van der Waals surface area contributed by atoms with Crippen LogP contribution in [0.15, 0.2) is 82.7 Å². The molecule has 1 aromatic heterocycles. The fraction of sp³-hybridized carbons (Fsp3) is 0.0870. The van der Waals surface area contributed by atoms with Crippen molar-refractivity contribution in [2.75, 3.05) is 5.32 Å². The van der Waals surface area contributed by atoms with Crippen LogP contribution >= 0.6 is 0 Å². The molecular weight excluding hydrogens is 426 g/mol. The highest BCUT2D eigenvalue weighted by Gasteiger charge is 2.31. The van der Waals surface area contributed by atoms with E-state index in [9.17, 15) is 13.2 Å². The van der Waals surface area contributed by atoms with Gasteiger partial charge in [-0.3, -0.25) is 14.5 Å². The van der Waals surface area contributed by atoms with Crippen molar-refractivity contribution in [3.63, 3.8) is 0 Å².